The Morgan fingerprint density at radius 1 is 1.15 bits per heavy atom. The summed E-state index contributed by atoms with van der Waals surface area (Å²) in [5.74, 6) is 0.905. The number of anilines is 1. The molecular formula is C14H17N5O. The molecule has 20 heavy (non-hydrogen) atoms. The van der Waals surface area contributed by atoms with Crippen LogP contribution in [0.25, 0.3) is 0 Å². The van der Waals surface area contributed by atoms with Crippen molar-refractivity contribution in [2.24, 2.45) is 0 Å². The van der Waals surface area contributed by atoms with Gasteiger partial charge in [0.15, 0.2) is 5.78 Å². The highest BCUT2D eigenvalue weighted by atomic mass is 16.1. The van der Waals surface area contributed by atoms with Crippen molar-refractivity contribution in [2.75, 3.05) is 37.6 Å². The van der Waals surface area contributed by atoms with Crippen LogP contribution in [0.5, 0.6) is 0 Å². The Hall–Kier alpha value is -2.21. The molecule has 0 aliphatic carbocycles. The minimum absolute atomic E-state index is 0.138. The fourth-order valence-electron chi connectivity index (χ4n) is 2.35. The summed E-state index contributed by atoms with van der Waals surface area (Å²) in [6.45, 7) is 3.86. The number of hydrogen-bond donors (Lipinski definition) is 1. The topological polar surface area (TPSA) is 65.1 Å². The largest absolute Gasteiger partial charge is 0.359 e. The molecule has 6 nitrogen and oxygen atoms in total. The maximum atomic E-state index is 12.0. The summed E-state index contributed by atoms with van der Waals surface area (Å²) in [4.78, 5) is 27.8. The molecule has 1 fully saturated rings. The van der Waals surface area contributed by atoms with Crippen LogP contribution in [0.3, 0.4) is 0 Å². The molecule has 3 rings (SSSR count). The molecule has 1 saturated heterocycles. The highest BCUT2D eigenvalue weighted by molar-refractivity contribution is 5.95. The van der Waals surface area contributed by atoms with Gasteiger partial charge in [-0.1, -0.05) is 0 Å². The van der Waals surface area contributed by atoms with E-state index in [0.717, 1.165) is 32.1 Å². The van der Waals surface area contributed by atoms with E-state index < -0.39 is 0 Å². The van der Waals surface area contributed by atoms with Gasteiger partial charge in [-0.25, -0.2) is 9.97 Å². The summed E-state index contributed by atoms with van der Waals surface area (Å²) in [5.41, 5.74) is 0.679. The van der Waals surface area contributed by atoms with Gasteiger partial charge >= 0.3 is 0 Å². The normalized spacial score (nSPS) is 16.3. The van der Waals surface area contributed by atoms with E-state index in [1.165, 1.54) is 0 Å². The van der Waals surface area contributed by atoms with Crippen molar-refractivity contribution >= 4 is 11.7 Å². The third kappa shape index (κ3) is 2.85. The van der Waals surface area contributed by atoms with Crippen LogP contribution in [0.2, 0.25) is 0 Å². The zero-order chi connectivity index (χ0) is 13.8. The molecule has 6 heteroatoms. The molecule has 1 aliphatic rings. The second-order valence-corrected chi connectivity index (χ2v) is 4.82. The maximum Gasteiger partial charge on any atom is 0.225 e. The fourth-order valence-corrected chi connectivity index (χ4v) is 2.35. The molecule has 1 aliphatic heterocycles. The Bertz CT molecular complexity index is 546. The molecule has 0 saturated carbocycles. The summed E-state index contributed by atoms with van der Waals surface area (Å²) in [5, 5.41) is 0. The zero-order valence-electron chi connectivity index (χ0n) is 11.2. The third-order valence-corrected chi connectivity index (χ3v) is 3.47. The first-order chi connectivity index (χ1) is 9.83. The van der Waals surface area contributed by atoms with E-state index in [0.29, 0.717) is 12.2 Å². The van der Waals surface area contributed by atoms with Crippen LogP contribution < -0.4 is 4.90 Å². The molecule has 2 aromatic heterocycles. The first-order valence-corrected chi connectivity index (χ1v) is 6.74. The number of piperazine rings is 1. The summed E-state index contributed by atoms with van der Waals surface area (Å²) < 4.78 is 0. The highest BCUT2D eigenvalue weighted by Gasteiger charge is 2.21. The van der Waals surface area contributed by atoms with Crippen LogP contribution in [0.15, 0.2) is 36.8 Å². The summed E-state index contributed by atoms with van der Waals surface area (Å²) in [7, 11) is 0. The monoisotopic (exact) mass is 271 g/mol. The first-order valence-electron chi connectivity index (χ1n) is 6.74. The molecule has 2 aromatic rings. The van der Waals surface area contributed by atoms with E-state index in [9.17, 15) is 4.79 Å². The van der Waals surface area contributed by atoms with Gasteiger partial charge in [0.05, 0.1) is 12.2 Å². The lowest BCUT2D eigenvalue weighted by Gasteiger charge is -2.34. The van der Waals surface area contributed by atoms with Crippen molar-refractivity contribution in [3.05, 3.63) is 42.5 Å². The third-order valence-electron chi connectivity index (χ3n) is 3.47. The molecule has 1 N–H and O–H groups in total. The number of nitrogens with zero attached hydrogens (tertiary/aromatic N) is 4. The predicted octanol–water partition coefficient (Wildman–Crippen LogP) is 0.810. The number of nitrogens with one attached hydrogen (secondary N) is 1. The number of aromatic amines is 1. The van der Waals surface area contributed by atoms with Gasteiger partial charge in [-0.05, 0) is 18.2 Å². The number of rotatable bonds is 4. The molecule has 0 amide bonds. The van der Waals surface area contributed by atoms with E-state index in [1.54, 1.807) is 18.6 Å². The van der Waals surface area contributed by atoms with Gasteiger partial charge in [-0.3, -0.25) is 9.69 Å². The SMILES string of the molecule is O=C(CN1CCN(c2ncccn2)CC1)c1ccc[nH]1. The smallest absolute Gasteiger partial charge is 0.225 e. The molecule has 0 aromatic carbocycles. The first kappa shape index (κ1) is 12.8. The second-order valence-electron chi connectivity index (χ2n) is 4.82. The van der Waals surface area contributed by atoms with Crippen LogP contribution in [0, 0.1) is 0 Å². The average molecular weight is 271 g/mol. The van der Waals surface area contributed by atoms with E-state index in [4.69, 9.17) is 0 Å². The van der Waals surface area contributed by atoms with E-state index in [1.807, 2.05) is 18.2 Å². The van der Waals surface area contributed by atoms with Crippen LogP contribution in [-0.2, 0) is 0 Å². The molecule has 3 heterocycles. The van der Waals surface area contributed by atoms with Gasteiger partial charge < -0.3 is 9.88 Å². The van der Waals surface area contributed by atoms with Crippen LogP contribution in [0.1, 0.15) is 10.5 Å². The fraction of sp³-hybridized carbons (Fsp3) is 0.357. The second kappa shape index (κ2) is 5.83. The maximum absolute atomic E-state index is 12.0. The predicted molar refractivity (Wildman–Crippen MR) is 75.8 cm³/mol. The number of Topliss-reactive ketones (excluding diaryl/α,β-unsaturated/α-hetero) is 1. The van der Waals surface area contributed by atoms with Gasteiger partial charge in [0.1, 0.15) is 0 Å². The molecule has 0 unspecified atom stereocenters. The van der Waals surface area contributed by atoms with Gasteiger partial charge in [0.25, 0.3) is 0 Å². The molecule has 0 atom stereocenters. The van der Waals surface area contributed by atoms with Crippen molar-refractivity contribution < 1.29 is 4.79 Å². The number of aromatic nitrogens is 3. The van der Waals surface area contributed by atoms with E-state index in [-0.39, 0.29) is 5.78 Å². The average Bonchev–Trinajstić information content (AvgIpc) is 3.03. The lowest BCUT2D eigenvalue weighted by molar-refractivity contribution is 0.0922. The number of carbonyl (C=O) groups excluding carboxylic acids is 1. The van der Waals surface area contributed by atoms with Crippen molar-refractivity contribution in [1.82, 2.24) is 19.9 Å². The lowest BCUT2D eigenvalue weighted by Crippen LogP contribution is -2.48. The van der Waals surface area contributed by atoms with E-state index >= 15 is 0 Å². The van der Waals surface area contributed by atoms with Gasteiger partial charge in [-0.2, -0.15) is 0 Å². The van der Waals surface area contributed by atoms with Crippen LogP contribution >= 0.6 is 0 Å². The van der Waals surface area contributed by atoms with Crippen molar-refractivity contribution in [3.63, 3.8) is 0 Å². The molecule has 0 bridgehead atoms. The number of ketones is 1. The van der Waals surface area contributed by atoms with Crippen LogP contribution in [-0.4, -0.2) is 58.4 Å². The Kier molecular flexibility index (Phi) is 3.73. The van der Waals surface area contributed by atoms with E-state index in [2.05, 4.69) is 24.8 Å². The number of hydrogen-bond acceptors (Lipinski definition) is 5. The molecule has 0 spiro atoms. The minimum Gasteiger partial charge on any atom is -0.359 e. The Balaban J connectivity index is 1.53. The minimum atomic E-state index is 0.138. The standard InChI is InChI=1S/C14H17N5O/c20-13(12-3-1-4-15-12)11-18-7-9-19(10-8-18)14-16-5-2-6-17-14/h1-6,15H,7-11H2. The Morgan fingerprint density at radius 3 is 2.55 bits per heavy atom. The lowest BCUT2D eigenvalue weighted by atomic mass is 10.2. The van der Waals surface area contributed by atoms with Crippen LogP contribution in [0.4, 0.5) is 5.95 Å². The highest BCUT2D eigenvalue weighted by Crippen LogP contribution is 2.10. The molecule has 0 radical (unpaired) electrons. The quantitative estimate of drug-likeness (QED) is 0.834. The molecular weight excluding hydrogens is 254 g/mol. The number of carbonyl (C=O) groups is 1. The van der Waals surface area contributed by atoms with Crippen molar-refractivity contribution in [3.8, 4) is 0 Å². The summed E-state index contributed by atoms with van der Waals surface area (Å²) >= 11 is 0. The van der Waals surface area contributed by atoms with Gasteiger partial charge in [0, 0.05) is 44.8 Å². The van der Waals surface area contributed by atoms with Gasteiger partial charge in [0.2, 0.25) is 5.95 Å². The van der Waals surface area contributed by atoms with Crippen molar-refractivity contribution in [2.45, 2.75) is 0 Å². The van der Waals surface area contributed by atoms with Gasteiger partial charge in [-0.15, -0.1) is 0 Å². The summed E-state index contributed by atoms with van der Waals surface area (Å²) in [6, 6.07) is 5.48. The summed E-state index contributed by atoms with van der Waals surface area (Å²) in [6.07, 6.45) is 5.28. The Labute approximate surface area is 117 Å². The zero-order valence-corrected chi connectivity index (χ0v) is 11.2. The number of H-pyrrole nitrogens is 1. The Morgan fingerprint density at radius 2 is 1.90 bits per heavy atom. The van der Waals surface area contributed by atoms with Crippen molar-refractivity contribution in [1.29, 1.82) is 0 Å². The molecule has 104 valence electrons.